The molecule has 4 atom stereocenters. The number of hydrazine groups is 1. The van der Waals surface area contributed by atoms with Gasteiger partial charge >= 0.3 is 18.4 Å². The van der Waals surface area contributed by atoms with Gasteiger partial charge in [-0.3, -0.25) is 9.59 Å². The third-order valence-corrected chi connectivity index (χ3v) is 11.2. The number of nitrogens with one attached hydrogen (secondary N) is 4. The normalized spacial score (nSPS) is 18.8. The highest BCUT2D eigenvalue weighted by Crippen LogP contribution is 2.42. The second kappa shape index (κ2) is 18.0. The topological polar surface area (TPSA) is 175 Å². The summed E-state index contributed by atoms with van der Waals surface area (Å²) in [6.07, 6.45) is 1.29. The number of alkyl carbamates (subject to hydrolysis) is 1. The lowest BCUT2D eigenvalue weighted by Crippen LogP contribution is -2.53. The lowest BCUT2D eigenvalue weighted by atomic mass is 9.78. The number of benzene rings is 2. The maximum absolute atomic E-state index is 14.7. The summed E-state index contributed by atoms with van der Waals surface area (Å²) in [6.45, 7) is 7.73. The average Bonchev–Trinajstić information content (AvgIpc) is 4.03. The van der Waals surface area contributed by atoms with Gasteiger partial charge < -0.3 is 29.7 Å². The zero-order valence-electron chi connectivity index (χ0n) is 34.0. The monoisotopic (exact) mass is 820 g/mol. The first kappa shape index (κ1) is 42.7. The molecule has 1 unspecified atom stereocenters. The molecule has 0 radical (unpaired) electrons. The lowest BCUT2D eigenvalue weighted by molar-refractivity contribution is -0.142. The molecule has 0 spiro atoms. The van der Waals surface area contributed by atoms with Crippen molar-refractivity contribution in [3.05, 3.63) is 72.1 Å². The van der Waals surface area contributed by atoms with Crippen molar-refractivity contribution in [1.82, 2.24) is 40.6 Å². The number of rotatable bonds is 10. The van der Waals surface area contributed by atoms with Gasteiger partial charge in [-0.05, 0) is 68.2 Å². The van der Waals surface area contributed by atoms with E-state index in [-0.39, 0.29) is 46.9 Å². The molecule has 2 aliphatic rings. The Balaban J connectivity index is 1.20. The van der Waals surface area contributed by atoms with Gasteiger partial charge in [-0.1, -0.05) is 63.1 Å². The number of aromatic nitrogens is 4. The number of nitrogens with zero attached hydrogens (tertiary/aromatic N) is 4. The number of H-pyrrole nitrogens is 2. The average molecular weight is 821 g/mol. The predicted molar refractivity (Wildman–Crippen MR) is 212 cm³/mol. The van der Waals surface area contributed by atoms with E-state index < -0.39 is 35.9 Å². The summed E-state index contributed by atoms with van der Waals surface area (Å²) in [5, 5.41) is 3.90. The number of methoxy groups -OCH3 is 2. The van der Waals surface area contributed by atoms with Crippen LogP contribution in [0.1, 0.15) is 95.4 Å². The number of amides is 4. The molecule has 59 heavy (non-hydrogen) atoms. The first-order valence-electron chi connectivity index (χ1n) is 19.9. The zero-order valence-corrected chi connectivity index (χ0v) is 34.0. The van der Waals surface area contributed by atoms with E-state index in [0.717, 1.165) is 25.3 Å². The minimum atomic E-state index is -4.68. The molecule has 4 amide bonds. The summed E-state index contributed by atoms with van der Waals surface area (Å²) >= 11 is 0. The van der Waals surface area contributed by atoms with Gasteiger partial charge in [0.25, 0.3) is 0 Å². The minimum absolute atomic E-state index is 0.00282. The second-order valence-corrected chi connectivity index (χ2v) is 15.6. The van der Waals surface area contributed by atoms with E-state index in [1.165, 1.54) is 31.5 Å². The molecule has 2 fully saturated rings. The van der Waals surface area contributed by atoms with Crippen molar-refractivity contribution in [2.75, 3.05) is 20.8 Å². The molecule has 316 valence electrons. The van der Waals surface area contributed by atoms with Gasteiger partial charge in [-0.2, -0.15) is 13.2 Å². The largest absolute Gasteiger partial charge is 0.453 e. The second-order valence-electron chi connectivity index (χ2n) is 15.6. The predicted octanol–water partition coefficient (Wildman–Crippen LogP) is 7.98. The first-order chi connectivity index (χ1) is 28.1. The van der Waals surface area contributed by atoms with Crippen LogP contribution in [0.4, 0.5) is 22.8 Å². The quantitative estimate of drug-likeness (QED) is 0.117. The molecule has 4 aromatic rings. The fraction of sp³-hybridized carbons (Fsp3) is 0.476. The number of imidazole rings is 2. The molecule has 3 heterocycles. The Bertz CT molecular complexity index is 2130. The van der Waals surface area contributed by atoms with Crippen molar-refractivity contribution in [1.29, 1.82) is 0 Å². The maximum Gasteiger partial charge on any atom is 0.425 e. The molecule has 1 saturated heterocycles. The molecule has 14 nitrogen and oxygen atoms in total. The Morgan fingerprint density at radius 1 is 0.814 bits per heavy atom. The molecule has 17 heteroatoms. The van der Waals surface area contributed by atoms with Crippen molar-refractivity contribution in [2.45, 2.75) is 96.4 Å². The molecular weight excluding hydrogens is 770 g/mol. The third kappa shape index (κ3) is 9.39. The van der Waals surface area contributed by atoms with Gasteiger partial charge in [0.05, 0.1) is 49.6 Å². The Kier molecular flexibility index (Phi) is 13.0. The van der Waals surface area contributed by atoms with E-state index in [1.54, 1.807) is 55.3 Å². The molecule has 1 aliphatic carbocycles. The molecule has 1 saturated carbocycles. The summed E-state index contributed by atoms with van der Waals surface area (Å²) < 4.78 is 53.5. The van der Waals surface area contributed by atoms with Crippen LogP contribution in [0.5, 0.6) is 0 Å². The molecule has 4 N–H and O–H groups in total. The van der Waals surface area contributed by atoms with E-state index in [9.17, 15) is 32.3 Å². The van der Waals surface area contributed by atoms with Crippen molar-refractivity contribution in [3.8, 4) is 33.6 Å². The fourth-order valence-corrected chi connectivity index (χ4v) is 8.06. The van der Waals surface area contributed by atoms with Crippen LogP contribution in [0, 0.1) is 11.8 Å². The number of carbonyl (C=O) groups excluding carboxylic acids is 4. The number of hydrogen-bond donors (Lipinski definition) is 4. The highest BCUT2D eigenvalue weighted by Gasteiger charge is 2.40. The number of likely N-dealkylation sites (tertiary alicyclic amines) is 1. The number of aromatic amines is 2. The Morgan fingerprint density at radius 2 is 1.42 bits per heavy atom. The van der Waals surface area contributed by atoms with Crippen LogP contribution in [0.15, 0.2) is 54.9 Å². The minimum Gasteiger partial charge on any atom is -0.453 e. The van der Waals surface area contributed by atoms with Gasteiger partial charge in [-0.15, -0.1) is 0 Å². The summed E-state index contributed by atoms with van der Waals surface area (Å²) in [7, 11) is 2.46. The van der Waals surface area contributed by atoms with Gasteiger partial charge in [0.1, 0.15) is 17.7 Å². The van der Waals surface area contributed by atoms with Crippen LogP contribution in [-0.2, 0) is 25.2 Å². The van der Waals surface area contributed by atoms with Crippen LogP contribution in [0.2, 0.25) is 0 Å². The summed E-state index contributed by atoms with van der Waals surface area (Å²) in [4.78, 5) is 68.5. The smallest absolute Gasteiger partial charge is 0.425 e. The third-order valence-electron chi connectivity index (χ3n) is 11.2. The van der Waals surface area contributed by atoms with Crippen molar-refractivity contribution in [2.24, 2.45) is 11.8 Å². The van der Waals surface area contributed by atoms with Gasteiger partial charge in [-0.25, -0.2) is 30.0 Å². The summed E-state index contributed by atoms with van der Waals surface area (Å²) in [5.74, 6) is -0.460. The first-order valence-corrected chi connectivity index (χ1v) is 19.9. The standard InChI is InChI=1S/C42H51F3N8O6/c1-23(2)35(50-40(56)58-5)39(55)52-19-9-12-34(52)37-47-21-32(49-37)26-15-13-25(14-16-26)28-18-17-27(20-31(28)42(43,44)45)33-22-46-36(48-33)29-10-7-8-11-30(29)38(54)53(24(3)4)51-41(57)59-6/h13-18,20-24,29-30,34-35H,7-12,19H2,1-6H3,(H,46,48)(H,47,49)(H,50,56)(H,51,57)/t29-,30-,34-,35?/m0/s1. The highest BCUT2D eigenvalue weighted by atomic mass is 19.4. The van der Waals surface area contributed by atoms with Crippen molar-refractivity contribution in [3.63, 3.8) is 0 Å². The summed E-state index contributed by atoms with van der Waals surface area (Å²) in [6, 6.07) is 9.39. The number of halogens is 3. The molecule has 2 aromatic heterocycles. The van der Waals surface area contributed by atoms with Crippen LogP contribution in [-0.4, -0.2) is 86.7 Å². The van der Waals surface area contributed by atoms with Crippen LogP contribution < -0.4 is 10.7 Å². The Morgan fingerprint density at radius 3 is 2.07 bits per heavy atom. The van der Waals surface area contributed by atoms with E-state index >= 15 is 0 Å². The number of ether oxygens (including phenoxy) is 2. The molecule has 0 bridgehead atoms. The van der Waals surface area contributed by atoms with Crippen LogP contribution >= 0.6 is 0 Å². The van der Waals surface area contributed by atoms with E-state index in [1.807, 2.05) is 13.8 Å². The highest BCUT2D eigenvalue weighted by molar-refractivity contribution is 5.86. The van der Waals surface area contributed by atoms with E-state index in [0.29, 0.717) is 60.0 Å². The molecular formula is C42H51F3N8O6. The fourth-order valence-electron chi connectivity index (χ4n) is 8.06. The van der Waals surface area contributed by atoms with Crippen molar-refractivity contribution < 1.29 is 41.8 Å². The van der Waals surface area contributed by atoms with Crippen LogP contribution in [0.25, 0.3) is 33.6 Å². The summed E-state index contributed by atoms with van der Waals surface area (Å²) in [5.41, 5.74) is 4.06. The van der Waals surface area contributed by atoms with E-state index in [4.69, 9.17) is 9.47 Å². The number of hydrogen-bond acceptors (Lipinski definition) is 8. The van der Waals surface area contributed by atoms with E-state index in [2.05, 4.69) is 30.7 Å². The van der Waals surface area contributed by atoms with Gasteiger partial charge in [0.15, 0.2) is 0 Å². The maximum atomic E-state index is 14.7. The Hall–Kier alpha value is -5.87. The van der Waals surface area contributed by atoms with Crippen LogP contribution in [0.3, 0.4) is 0 Å². The number of alkyl halides is 3. The molecule has 2 aromatic carbocycles. The molecule has 1 aliphatic heterocycles. The van der Waals surface area contributed by atoms with Gasteiger partial charge in [0, 0.05) is 30.0 Å². The van der Waals surface area contributed by atoms with Gasteiger partial charge in [0.2, 0.25) is 11.8 Å². The SMILES string of the molecule is COC(=O)NC(C(=O)N1CCC[C@H]1c1ncc(-c2ccc(-c3ccc(-c4cnc([C@H]5CCCC[C@@H]5C(=O)N(NC(=O)OC)C(C)C)[nH]4)cc3C(F)(F)F)cc2)[nH]1)C(C)C. The zero-order chi connectivity index (χ0) is 42.6. The van der Waals surface area contributed by atoms with Crippen molar-refractivity contribution >= 4 is 24.0 Å². The lowest BCUT2D eigenvalue weighted by Gasteiger charge is -2.35. The molecule has 6 rings (SSSR count). The number of carbonyl (C=O) groups is 4. The Labute approximate surface area is 340 Å².